The second-order valence-electron chi connectivity index (χ2n) is 6.42. The van der Waals surface area contributed by atoms with Crippen molar-refractivity contribution in [1.29, 1.82) is 0 Å². The Hall–Kier alpha value is -2.77. The van der Waals surface area contributed by atoms with Gasteiger partial charge in [0, 0.05) is 16.0 Å². The molecule has 2 aromatic heterocycles. The number of hydrogen-bond acceptors (Lipinski definition) is 5. The Kier molecular flexibility index (Phi) is 4.14. The molecule has 0 fully saturated rings. The van der Waals surface area contributed by atoms with Crippen LogP contribution in [-0.2, 0) is 0 Å². The minimum absolute atomic E-state index is 0.232. The zero-order chi connectivity index (χ0) is 19.3. The Bertz CT molecular complexity index is 1220. The molecule has 4 aromatic rings. The molecular formula is C20H16ClN4O2S+. The third-order valence-corrected chi connectivity index (χ3v) is 5.47. The molecule has 0 unspecified atom stereocenters. The number of nitrogens with one attached hydrogen (secondary N) is 1. The molecule has 0 radical (unpaired) electrons. The molecule has 3 heterocycles. The van der Waals surface area contributed by atoms with E-state index in [2.05, 4.69) is 25.8 Å². The van der Waals surface area contributed by atoms with Crippen LogP contribution in [0.15, 0.2) is 47.6 Å². The molecule has 0 saturated carbocycles. The fourth-order valence-electron chi connectivity index (χ4n) is 3.49. The van der Waals surface area contributed by atoms with Crippen molar-refractivity contribution in [1.82, 2.24) is 15.2 Å². The Morgan fingerprint density at radius 2 is 1.96 bits per heavy atom. The van der Waals surface area contributed by atoms with E-state index in [0.29, 0.717) is 16.1 Å². The molecule has 0 saturated heterocycles. The first-order valence-corrected chi connectivity index (χ1v) is 10.3. The van der Waals surface area contributed by atoms with Gasteiger partial charge < -0.3 is 9.47 Å². The molecule has 140 valence electrons. The van der Waals surface area contributed by atoms with Crippen molar-refractivity contribution in [2.75, 3.05) is 13.0 Å². The number of halogens is 1. The van der Waals surface area contributed by atoms with E-state index in [1.54, 1.807) is 0 Å². The monoisotopic (exact) mass is 411 g/mol. The molecule has 28 heavy (non-hydrogen) atoms. The van der Waals surface area contributed by atoms with E-state index >= 15 is 0 Å². The number of pyridine rings is 1. The van der Waals surface area contributed by atoms with Gasteiger partial charge in [0.15, 0.2) is 11.5 Å². The molecule has 2 aromatic carbocycles. The van der Waals surface area contributed by atoms with Gasteiger partial charge in [-0.1, -0.05) is 40.6 Å². The van der Waals surface area contributed by atoms with E-state index in [1.807, 2.05) is 49.6 Å². The van der Waals surface area contributed by atoms with Crippen molar-refractivity contribution in [3.05, 3.63) is 53.2 Å². The lowest BCUT2D eigenvalue weighted by molar-refractivity contribution is -0.597. The number of aromatic amines is 1. The van der Waals surface area contributed by atoms with Crippen LogP contribution in [0.4, 0.5) is 0 Å². The summed E-state index contributed by atoms with van der Waals surface area (Å²) in [6.45, 7) is 2.27. The average Bonchev–Trinajstić information content (AvgIpc) is 3.34. The van der Waals surface area contributed by atoms with Gasteiger partial charge in [0.05, 0.1) is 5.69 Å². The molecule has 1 N–H and O–H groups in total. The number of benzene rings is 2. The molecule has 1 aliphatic rings. The molecule has 1 aliphatic heterocycles. The van der Waals surface area contributed by atoms with Crippen LogP contribution in [0.25, 0.3) is 28.0 Å². The van der Waals surface area contributed by atoms with E-state index in [-0.39, 0.29) is 6.79 Å². The molecule has 0 atom stereocenters. The number of hydrogen-bond donors (Lipinski definition) is 1. The van der Waals surface area contributed by atoms with Gasteiger partial charge >= 0.3 is 5.95 Å². The Morgan fingerprint density at radius 3 is 2.71 bits per heavy atom. The lowest BCUT2D eigenvalue weighted by Crippen LogP contribution is -2.38. The van der Waals surface area contributed by atoms with Crippen molar-refractivity contribution < 1.29 is 14.0 Å². The molecule has 0 amide bonds. The molecule has 0 bridgehead atoms. The number of H-pyrrole nitrogens is 1. The van der Waals surface area contributed by atoms with Crippen LogP contribution >= 0.6 is 23.4 Å². The van der Waals surface area contributed by atoms with Crippen molar-refractivity contribution in [3.8, 4) is 28.7 Å². The van der Waals surface area contributed by atoms with Crippen molar-refractivity contribution in [3.63, 3.8) is 0 Å². The SMILES string of the molecule is CSc1n[nH]c(-[n+]2c(C)cc3cc4c(cc3c2-c2cccc(Cl)c2)OCO4)n1. The summed E-state index contributed by atoms with van der Waals surface area (Å²) in [5.41, 5.74) is 2.94. The van der Waals surface area contributed by atoms with Crippen LogP contribution in [0.5, 0.6) is 11.5 Å². The van der Waals surface area contributed by atoms with Crippen molar-refractivity contribution in [2.24, 2.45) is 0 Å². The summed E-state index contributed by atoms with van der Waals surface area (Å²) in [7, 11) is 0. The van der Waals surface area contributed by atoms with E-state index in [1.165, 1.54) is 11.8 Å². The standard InChI is InChI=1S/C20H16ClN4O2S/c1-11-6-13-8-16-17(27-10-26-16)9-15(13)18(12-4-3-5-14(21)7-12)25(11)19-22-20(28-2)24-23-19/h3-9H,10H2,1-2H3,(H,22,23,24)/q+1. The summed E-state index contributed by atoms with van der Waals surface area (Å²) < 4.78 is 13.2. The van der Waals surface area contributed by atoms with Crippen molar-refractivity contribution >= 4 is 34.1 Å². The van der Waals surface area contributed by atoms with Gasteiger partial charge in [-0.3, -0.25) is 0 Å². The number of rotatable bonds is 3. The highest BCUT2D eigenvalue weighted by Gasteiger charge is 2.25. The molecule has 5 rings (SSSR count). The maximum absolute atomic E-state index is 6.31. The highest BCUT2D eigenvalue weighted by molar-refractivity contribution is 7.98. The molecule has 0 spiro atoms. The highest BCUT2D eigenvalue weighted by Crippen LogP contribution is 2.39. The molecule has 0 aliphatic carbocycles. The summed E-state index contributed by atoms with van der Waals surface area (Å²) in [5.74, 6) is 2.14. The van der Waals surface area contributed by atoms with Crippen LogP contribution in [-0.4, -0.2) is 28.2 Å². The predicted molar refractivity (Wildman–Crippen MR) is 109 cm³/mol. The summed E-state index contributed by atoms with van der Waals surface area (Å²) >= 11 is 7.80. The number of thioether (sulfide) groups is 1. The lowest BCUT2D eigenvalue weighted by atomic mass is 10.0. The normalized spacial score (nSPS) is 12.7. The van der Waals surface area contributed by atoms with Gasteiger partial charge in [-0.25, -0.2) is 0 Å². The Labute approximate surface area is 170 Å². The summed E-state index contributed by atoms with van der Waals surface area (Å²) in [6, 6.07) is 13.9. The second-order valence-corrected chi connectivity index (χ2v) is 7.63. The van der Waals surface area contributed by atoms with Gasteiger partial charge in [-0.05, 0) is 53.9 Å². The number of nitrogens with zero attached hydrogens (tertiary/aromatic N) is 3. The zero-order valence-electron chi connectivity index (χ0n) is 15.2. The van der Waals surface area contributed by atoms with E-state index in [0.717, 1.165) is 39.2 Å². The maximum atomic E-state index is 6.31. The lowest BCUT2D eigenvalue weighted by Gasteiger charge is -2.14. The number of aromatic nitrogens is 4. The topological polar surface area (TPSA) is 63.9 Å². The van der Waals surface area contributed by atoms with Gasteiger partial charge in [-0.15, -0.1) is 5.10 Å². The van der Waals surface area contributed by atoms with Gasteiger partial charge in [0.2, 0.25) is 6.79 Å². The molecular weight excluding hydrogens is 396 g/mol. The van der Waals surface area contributed by atoms with Crippen LogP contribution in [0.1, 0.15) is 5.69 Å². The van der Waals surface area contributed by atoms with Crippen LogP contribution in [0, 0.1) is 6.92 Å². The fourth-order valence-corrected chi connectivity index (χ4v) is 4.00. The summed E-state index contributed by atoms with van der Waals surface area (Å²) in [4.78, 5) is 4.62. The third kappa shape index (κ3) is 2.78. The number of aryl methyl sites for hydroxylation is 1. The minimum Gasteiger partial charge on any atom is -0.454 e. The van der Waals surface area contributed by atoms with Gasteiger partial charge in [0.1, 0.15) is 5.69 Å². The first-order valence-electron chi connectivity index (χ1n) is 8.66. The largest absolute Gasteiger partial charge is 0.454 e. The van der Waals surface area contributed by atoms with Gasteiger partial charge in [-0.2, -0.15) is 4.57 Å². The third-order valence-electron chi connectivity index (χ3n) is 4.69. The minimum atomic E-state index is 0.232. The Balaban J connectivity index is 1.88. The first kappa shape index (κ1) is 17.3. The molecule has 8 heteroatoms. The van der Waals surface area contributed by atoms with Crippen LogP contribution < -0.4 is 14.0 Å². The first-order chi connectivity index (χ1) is 13.6. The zero-order valence-corrected chi connectivity index (χ0v) is 16.8. The Morgan fingerprint density at radius 1 is 1.14 bits per heavy atom. The highest BCUT2D eigenvalue weighted by atomic mass is 35.5. The number of fused-ring (bicyclic) bond motifs is 2. The average molecular weight is 412 g/mol. The second kappa shape index (κ2) is 6.68. The number of ether oxygens (including phenoxy) is 2. The van der Waals surface area contributed by atoms with Gasteiger partial charge in [0.25, 0.3) is 5.16 Å². The van der Waals surface area contributed by atoms with E-state index in [4.69, 9.17) is 21.1 Å². The van der Waals surface area contributed by atoms with E-state index < -0.39 is 0 Å². The maximum Gasteiger partial charge on any atom is 0.423 e. The van der Waals surface area contributed by atoms with E-state index in [9.17, 15) is 0 Å². The fraction of sp³-hybridized carbons (Fsp3) is 0.150. The smallest absolute Gasteiger partial charge is 0.423 e. The van der Waals surface area contributed by atoms with Crippen molar-refractivity contribution in [2.45, 2.75) is 12.1 Å². The summed E-state index contributed by atoms with van der Waals surface area (Å²) in [6.07, 6.45) is 1.95. The predicted octanol–water partition coefficient (Wildman–Crippen LogP) is 4.31. The van der Waals surface area contributed by atoms with Crippen LogP contribution in [0.2, 0.25) is 5.02 Å². The molecule has 6 nitrogen and oxygen atoms in total. The quantitative estimate of drug-likeness (QED) is 0.402. The summed E-state index contributed by atoms with van der Waals surface area (Å²) in [5, 5.41) is 10.7. The van der Waals surface area contributed by atoms with Crippen LogP contribution in [0.3, 0.4) is 0 Å².